The average molecular weight is 429 g/mol. The number of aromatic nitrogens is 4. The summed E-state index contributed by atoms with van der Waals surface area (Å²) in [6.07, 6.45) is 5.50. The van der Waals surface area contributed by atoms with E-state index in [9.17, 15) is 4.79 Å². The summed E-state index contributed by atoms with van der Waals surface area (Å²) < 4.78 is 1.81. The number of likely N-dealkylation sites (tertiary alicyclic amines) is 1. The third-order valence-corrected chi connectivity index (χ3v) is 6.36. The summed E-state index contributed by atoms with van der Waals surface area (Å²) in [5, 5.41) is 12.6. The van der Waals surface area contributed by atoms with Crippen molar-refractivity contribution in [2.24, 2.45) is 0 Å². The Morgan fingerprint density at radius 1 is 0.938 bits per heavy atom. The molecule has 0 spiro atoms. The van der Waals surface area contributed by atoms with Gasteiger partial charge in [0, 0.05) is 13.1 Å². The first-order valence-corrected chi connectivity index (χ1v) is 11.3. The molecule has 0 N–H and O–H groups in total. The van der Waals surface area contributed by atoms with Crippen molar-refractivity contribution >= 4 is 17.6 Å². The minimum atomic E-state index is -0.141. The summed E-state index contributed by atoms with van der Waals surface area (Å²) in [5.74, 6) is 0.713. The first-order chi connectivity index (χ1) is 15.6. The first kappa shape index (κ1) is 20.4. The van der Waals surface area contributed by atoms with Crippen LogP contribution in [-0.2, 0) is 4.79 Å². The quantitative estimate of drug-likeness (QED) is 0.633. The summed E-state index contributed by atoms with van der Waals surface area (Å²) in [7, 11) is 0. The highest BCUT2D eigenvalue weighted by Gasteiger charge is 2.33. The van der Waals surface area contributed by atoms with Gasteiger partial charge in [0.05, 0.1) is 5.70 Å². The lowest BCUT2D eigenvalue weighted by molar-refractivity contribution is -0.130. The molecule has 5 rings (SSSR count). The van der Waals surface area contributed by atoms with Crippen LogP contribution in [0.4, 0.5) is 5.95 Å². The highest BCUT2D eigenvalue weighted by atomic mass is 16.2. The molecule has 1 fully saturated rings. The van der Waals surface area contributed by atoms with Gasteiger partial charge < -0.3 is 4.90 Å². The molecule has 164 valence electrons. The average Bonchev–Trinajstić information content (AvgIpc) is 3.31. The zero-order valence-electron chi connectivity index (χ0n) is 18.6. The minimum absolute atomic E-state index is 0.117. The highest BCUT2D eigenvalue weighted by Crippen LogP contribution is 2.36. The summed E-state index contributed by atoms with van der Waals surface area (Å²) in [6.45, 7) is 6.03. The van der Waals surface area contributed by atoms with Crippen LogP contribution in [0.25, 0.3) is 5.70 Å². The van der Waals surface area contributed by atoms with Gasteiger partial charge in [-0.15, -0.1) is 0 Å². The van der Waals surface area contributed by atoms with Gasteiger partial charge in [0.1, 0.15) is 12.6 Å². The molecule has 32 heavy (non-hydrogen) atoms. The lowest BCUT2D eigenvalue weighted by Crippen LogP contribution is -2.44. The Morgan fingerprint density at radius 2 is 1.59 bits per heavy atom. The van der Waals surface area contributed by atoms with Gasteiger partial charge in [-0.1, -0.05) is 64.8 Å². The number of rotatable bonds is 4. The zero-order valence-corrected chi connectivity index (χ0v) is 18.6. The third-order valence-electron chi connectivity index (χ3n) is 6.36. The molecule has 1 aromatic heterocycles. The van der Waals surface area contributed by atoms with Crippen LogP contribution in [-0.4, -0.2) is 50.6 Å². The Hall–Kier alpha value is -3.48. The van der Waals surface area contributed by atoms with Crippen molar-refractivity contribution in [1.82, 2.24) is 25.1 Å². The molecule has 2 aliphatic rings. The Bertz CT molecular complexity index is 1130. The molecule has 1 atom stereocenters. The van der Waals surface area contributed by atoms with E-state index in [1.165, 1.54) is 17.5 Å². The van der Waals surface area contributed by atoms with Crippen LogP contribution in [0.3, 0.4) is 0 Å². The van der Waals surface area contributed by atoms with Crippen LogP contribution in [0.2, 0.25) is 0 Å². The van der Waals surface area contributed by atoms with Crippen molar-refractivity contribution in [1.29, 1.82) is 0 Å². The van der Waals surface area contributed by atoms with E-state index in [0.717, 1.165) is 42.8 Å². The van der Waals surface area contributed by atoms with Gasteiger partial charge in [0.2, 0.25) is 5.91 Å². The second-order valence-corrected chi connectivity index (χ2v) is 8.72. The largest absolute Gasteiger partial charge is 0.341 e. The van der Waals surface area contributed by atoms with Gasteiger partial charge in [-0.2, -0.15) is 4.68 Å². The number of carbonyl (C=O) groups is 1. The molecule has 7 heteroatoms. The van der Waals surface area contributed by atoms with Crippen LogP contribution < -0.4 is 4.90 Å². The minimum Gasteiger partial charge on any atom is -0.341 e. The molecule has 1 unspecified atom stereocenters. The van der Waals surface area contributed by atoms with Crippen LogP contribution in [0.5, 0.6) is 0 Å². The van der Waals surface area contributed by atoms with Gasteiger partial charge in [0.15, 0.2) is 0 Å². The van der Waals surface area contributed by atoms with Gasteiger partial charge in [-0.25, -0.2) is 0 Å². The number of anilines is 1. The second-order valence-electron chi connectivity index (χ2n) is 8.72. The van der Waals surface area contributed by atoms with E-state index in [1.807, 2.05) is 14.5 Å². The number of fused-ring (bicyclic) bond motifs is 1. The summed E-state index contributed by atoms with van der Waals surface area (Å²) in [6, 6.07) is 16.7. The fourth-order valence-electron chi connectivity index (χ4n) is 4.48. The smallest absolute Gasteiger partial charge is 0.251 e. The molecule has 1 amide bonds. The second kappa shape index (κ2) is 8.57. The van der Waals surface area contributed by atoms with Gasteiger partial charge >= 0.3 is 0 Å². The van der Waals surface area contributed by atoms with Crippen LogP contribution in [0.1, 0.15) is 47.6 Å². The fourth-order valence-corrected chi connectivity index (χ4v) is 4.48. The Kier molecular flexibility index (Phi) is 5.47. The lowest BCUT2D eigenvalue weighted by atomic mass is 9.99. The topological polar surface area (TPSA) is 67.2 Å². The predicted octanol–water partition coefficient (Wildman–Crippen LogP) is 3.75. The molecule has 3 heterocycles. The Labute approximate surface area is 188 Å². The maximum atomic E-state index is 13.2. The molecular weight excluding hydrogens is 400 g/mol. The third kappa shape index (κ3) is 3.90. The monoisotopic (exact) mass is 428 g/mol. The molecule has 0 radical (unpaired) electrons. The zero-order chi connectivity index (χ0) is 22.1. The van der Waals surface area contributed by atoms with E-state index in [4.69, 9.17) is 0 Å². The van der Waals surface area contributed by atoms with Gasteiger partial charge in [-0.3, -0.25) is 9.69 Å². The number of tetrazole rings is 1. The number of benzene rings is 2. The summed E-state index contributed by atoms with van der Waals surface area (Å²) in [5.41, 5.74) is 5.52. The Morgan fingerprint density at radius 3 is 2.28 bits per heavy atom. The van der Waals surface area contributed by atoms with Crippen LogP contribution in [0.15, 0.2) is 54.6 Å². The van der Waals surface area contributed by atoms with E-state index in [0.29, 0.717) is 5.95 Å². The van der Waals surface area contributed by atoms with Crippen LogP contribution in [0, 0.1) is 13.8 Å². The number of hydrogen-bond acceptors (Lipinski definition) is 5. The van der Waals surface area contributed by atoms with Crippen molar-refractivity contribution in [2.45, 2.75) is 39.2 Å². The first-order valence-electron chi connectivity index (χ1n) is 11.3. The van der Waals surface area contributed by atoms with E-state index >= 15 is 0 Å². The number of aryl methyl sites for hydroxylation is 2. The predicted molar refractivity (Wildman–Crippen MR) is 124 cm³/mol. The maximum absolute atomic E-state index is 13.2. The van der Waals surface area contributed by atoms with Crippen molar-refractivity contribution in [2.75, 3.05) is 24.5 Å². The van der Waals surface area contributed by atoms with E-state index in [1.54, 1.807) is 0 Å². The summed E-state index contributed by atoms with van der Waals surface area (Å²) in [4.78, 5) is 17.1. The number of carbonyl (C=O) groups excluding carboxylic acids is 1. The number of amides is 1. The molecule has 0 bridgehead atoms. The molecule has 2 aliphatic heterocycles. The Balaban J connectivity index is 1.56. The van der Waals surface area contributed by atoms with E-state index in [-0.39, 0.29) is 18.5 Å². The van der Waals surface area contributed by atoms with Gasteiger partial charge in [0.25, 0.3) is 5.95 Å². The lowest BCUT2D eigenvalue weighted by Gasteiger charge is -2.35. The van der Waals surface area contributed by atoms with Crippen molar-refractivity contribution < 1.29 is 4.79 Å². The number of allylic oxidation sites excluding steroid dienone is 1. The SMILES string of the molecule is Cc1ccc(C2=CC(c3ccc(C)cc3)n3nnnc3N2CC(=O)N2CCCCC2)cc1. The van der Waals surface area contributed by atoms with Crippen molar-refractivity contribution in [3.05, 3.63) is 76.9 Å². The summed E-state index contributed by atoms with van der Waals surface area (Å²) >= 11 is 0. The van der Waals surface area contributed by atoms with Crippen LogP contribution >= 0.6 is 0 Å². The normalized spacial score (nSPS) is 18.3. The molecule has 1 saturated heterocycles. The molecule has 0 saturated carbocycles. The van der Waals surface area contributed by atoms with Gasteiger partial charge in [-0.05, 0) is 60.7 Å². The standard InChI is InChI=1S/C25H28N6O/c1-18-6-10-20(11-7-18)22-16-23(21-12-8-19(2)9-13-21)31-25(26-27-28-31)30(22)17-24(32)29-14-4-3-5-15-29/h6-13,16,23H,3-5,14-15,17H2,1-2H3. The number of piperidine rings is 1. The maximum Gasteiger partial charge on any atom is 0.251 e. The molecule has 3 aromatic rings. The molecular formula is C25H28N6O. The highest BCUT2D eigenvalue weighted by molar-refractivity contribution is 5.89. The fraction of sp³-hybridized carbons (Fsp3) is 0.360. The molecule has 0 aliphatic carbocycles. The number of nitrogens with zero attached hydrogens (tertiary/aromatic N) is 6. The van der Waals surface area contributed by atoms with E-state index in [2.05, 4.69) is 84.0 Å². The molecule has 7 nitrogen and oxygen atoms in total. The van der Waals surface area contributed by atoms with Crippen molar-refractivity contribution in [3.63, 3.8) is 0 Å². The number of hydrogen-bond donors (Lipinski definition) is 0. The van der Waals surface area contributed by atoms with E-state index < -0.39 is 0 Å². The molecule has 2 aromatic carbocycles. The van der Waals surface area contributed by atoms with Crippen molar-refractivity contribution in [3.8, 4) is 0 Å².